The Morgan fingerprint density at radius 1 is 1.10 bits per heavy atom. The van der Waals surface area contributed by atoms with Gasteiger partial charge in [0.1, 0.15) is 14.1 Å². The number of pyridine rings is 1. The molecule has 0 amide bonds. The summed E-state index contributed by atoms with van der Waals surface area (Å²) in [5.74, 6) is 3.09. The highest BCUT2D eigenvalue weighted by Gasteiger charge is 2.47. The van der Waals surface area contributed by atoms with Gasteiger partial charge in [-0.2, -0.15) is 0 Å². The van der Waals surface area contributed by atoms with E-state index in [2.05, 4.69) is 43.2 Å². The van der Waals surface area contributed by atoms with Crippen molar-refractivity contribution >= 4 is 20.9 Å². The maximum Gasteiger partial charge on any atom is 0.253 e. The SMILES string of the molecule is Cc1cccnc1N(B1C2CCCC1CCC2)[Si](C)(C)C. The summed E-state index contributed by atoms with van der Waals surface area (Å²) in [4.78, 5) is 4.81. The van der Waals surface area contributed by atoms with Gasteiger partial charge in [-0.1, -0.05) is 64.2 Å². The summed E-state index contributed by atoms with van der Waals surface area (Å²) in [6.45, 7) is 10.5. The molecule has 0 spiro atoms. The standard InChI is InChI=1S/C17H29BN2Si/c1-14-8-7-13-19-17(14)20(21(2,3)4)18-15-9-5-10-16(18)12-6-11-15/h7-8,13,15-16H,5-6,9-12H2,1-4H3. The number of rotatable bonds is 3. The molecule has 2 aliphatic heterocycles. The van der Waals surface area contributed by atoms with Crippen molar-refractivity contribution in [2.45, 2.75) is 76.7 Å². The van der Waals surface area contributed by atoms with E-state index in [1.54, 1.807) is 0 Å². The molecule has 0 radical (unpaired) electrons. The Labute approximate surface area is 131 Å². The van der Waals surface area contributed by atoms with Crippen molar-refractivity contribution in [1.82, 2.24) is 4.98 Å². The molecular formula is C17H29BN2Si. The van der Waals surface area contributed by atoms with Crippen molar-refractivity contribution in [2.75, 3.05) is 4.48 Å². The smallest absolute Gasteiger partial charge is 0.253 e. The predicted molar refractivity (Wildman–Crippen MR) is 95.8 cm³/mol. The summed E-state index contributed by atoms with van der Waals surface area (Å²) in [5.41, 5.74) is 1.35. The first kappa shape index (κ1) is 15.1. The van der Waals surface area contributed by atoms with Crippen LogP contribution in [0.1, 0.15) is 44.1 Å². The van der Waals surface area contributed by atoms with E-state index >= 15 is 0 Å². The molecule has 21 heavy (non-hydrogen) atoms. The molecule has 0 saturated carbocycles. The molecule has 2 nitrogen and oxygen atoms in total. The largest absolute Gasteiger partial charge is 0.426 e. The zero-order chi connectivity index (χ0) is 15.0. The second kappa shape index (κ2) is 5.79. The maximum absolute atomic E-state index is 4.81. The average Bonchev–Trinajstić information content (AvgIpc) is 2.39. The van der Waals surface area contributed by atoms with E-state index in [0.717, 1.165) is 18.5 Å². The van der Waals surface area contributed by atoms with E-state index in [4.69, 9.17) is 4.98 Å². The molecule has 114 valence electrons. The predicted octanol–water partition coefficient (Wildman–Crippen LogP) is 5.13. The van der Waals surface area contributed by atoms with Crippen LogP contribution in [-0.4, -0.2) is 20.1 Å². The van der Waals surface area contributed by atoms with Crippen molar-refractivity contribution in [3.63, 3.8) is 0 Å². The summed E-state index contributed by atoms with van der Waals surface area (Å²) < 4.78 is 2.82. The molecule has 0 aliphatic carbocycles. The Morgan fingerprint density at radius 2 is 1.67 bits per heavy atom. The van der Waals surface area contributed by atoms with Gasteiger partial charge in [0.2, 0.25) is 0 Å². The number of nitrogens with zero attached hydrogens (tertiary/aromatic N) is 2. The normalized spacial score (nSPS) is 25.8. The van der Waals surface area contributed by atoms with Crippen LogP contribution in [0.5, 0.6) is 0 Å². The average molecular weight is 300 g/mol. The molecule has 0 aromatic carbocycles. The molecule has 4 heteroatoms. The molecule has 2 bridgehead atoms. The third-order valence-corrected chi connectivity index (χ3v) is 7.45. The zero-order valence-corrected chi connectivity index (χ0v) is 15.1. The second-order valence-electron chi connectivity index (χ2n) is 8.06. The highest BCUT2D eigenvalue weighted by Crippen LogP contribution is 2.49. The summed E-state index contributed by atoms with van der Waals surface area (Å²) in [6.07, 6.45) is 10.6. The van der Waals surface area contributed by atoms with Crippen LogP contribution >= 0.6 is 0 Å². The minimum absolute atomic E-state index is 0.757. The molecule has 3 heterocycles. The molecule has 1 aromatic heterocycles. The second-order valence-corrected chi connectivity index (χ2v) is 12.9. The molecule has 0 N–H and O–H groups in total. The molecule has 2 aliphatic rings. The van der Waals surface area contributed by atoms with Crippen LogP contribution in [0.25, 0.3) is 0 Å². The Hall–Kier alpha value is -0.768. The Balaban J connectivity index is 2.02. The lowest BCUT2D eigenvalue weighted by molar-refractivity contribution is 0.442. The Bertz CT molecular complexity index is 478. The number of anilines is 1. The molecule has 2 saturated heterocycles. The van der Waals surface area contributed by atoms with Gasteiger partial charge in [-0.25, -0.2) is 4.98 Å². The van der Waals surface area contributed by atoms with E-state index in [-0.39, 0.29) is 0 Å². The fourth-order valence-corrected chi connectivity index (χ4v) is 6.88. The van der Waals surface area contributed by atoms with Crippen molar-refractivity contribution in [3.05, 3.63) is 23.9 Å². The first-order chi connectivity index (χ1) is 9.98. The van der Waals surface area contributed by atoms with E-state index in [1.165, 1.54) is 49.9 Å². The lowest BCUT2D eigenvalue weighted by Gasteiger charge is -2.51. The lowest BCUT2D eigenvalue weighted by Crippen LogP contribution is -2.60. The van der Waals surface area contributed by atoms with E-state index in [0.29, 0.717) is 0 Å². The van der Waals surface area contributed by atoms with Gasteiger partial charge < -0.3 is 4.48 Å². The summed E-state index contributed by atoms with van der Waals surface area (Å²) in [6, 6.07) is 4.30. The molecular weight excluding hydrogens is 271 g/mol. The summed E-state index contributed by atoms with van der Waals surface area (Å²) >= 11 is 0. The molecule has 1 aromatic rings. The summed E-state index contributed by atoms with van der Waals surface area (Å²) in [5, 5.41) is 0. The van der Waals surface area contributed by atoms with Gasteiger partial charge in [-0.3, -0.25) is 0 Å². The van der Waals surface area contributed by atoms with Gasteiger partial charge in [0.25, 0.3) is 6.85 Å². The Kier molecular flexibility index (Phi) is 4.17. The quantitative estimate of drug-likeness (QED) is 0.719. The first-order valence-corrected chi connectivity index (χ1v) is 12.1. The Morgan fingerprint density at radius 3 is 2.14 bits per heavy atom. The number of aromatic nitrogens is 1. The van der Waals surface area contributed by atoms with E-state index in [1.807, 2.05) is 6.20 Å². The van der Waals surface area contributed by atoms with Crippen molar-refractivity contribution < 1.29 is 0 Å². The minimum Gasteiger partial charge on any atom is -0.426 e. The number of hydrogen-bond acceptors (Lipinski definition) is 2. The van der Waals surface area contributed by atoms with Crippen molar-refractivity contribution in [1.29, 1.82) is 0 Å². The van der Waals surface area contributed by atoms with Crippen LogP contribution in [0.15, 0.2) is 18.3 Å². The molecule has 0 unspecified atom stereocenters. The van der Waals surface area contributed by atoms with Crippen LogP contribution < -0.4 is 4.48 Å². The number of aryl methyl sites for hydroxylation is 1. The van der Waals surface area contributed by atoms with Crippen LogP contribution in [0.2, 0.25) is 31.3 Å². The van der Waals surface area contributed by atoms with E-state index < -0.39 is 8.24 Å². The number of hydrogen-bond donors (Lipinski definition) is 0. The zero-order valence-electron chi connectivity index (χ0n) is 14.1. The third-order valence-electron chi connectivity index (χ3n) is 5.50. The van der Waals surface area contributed by atoms with Gasteiger partial charge in [0.15, 0.2) is 0 Å². The fraction of sp³-hybridized carbons (Fsp3) is 0.706. The highest BCUT2D eigenvalue weighted by molar-refractivity contribution is 6.93. The van der Waals surface area contributed by atoms with Crippen molar-refractivity contribution in [3.8, 4) is 0 Å². The summed E-state index contributed by atoms with van der Waals surface area (Å²) in [7, 11) is -1.44. The maximum atomic E-state index is 4.81. The topological polar surface area (TPSA) is 16.1 Å². The highest BCUT2D eigenvalue weighted by atomic mass is 28.3. The van der Waals surface area contributed by atoms with Crippen molar-refractivity contribution in [2.24, 2.45) is 0 Å². The third kappa shape index (κ3) is 2.92. The van der Waals surface area contributed by atoms with Crippen LogP contribution in [-0.2, 0) is 0 Å². The van der Waals surface area contributed by atoms with Gasteiger partial charge in [-0.15, -0.1) is 0 Å². The molecule has 0 atom stereocenters. The van der Waals surface area contributed by atoms with Crippen LogP contribution in [0.3, 0.4) is 0 Å². The lowest BCUT2D eigenvalue weighted by atomic mass is 9.34. The van der Waals surface area contributed by atoms with Gasteiger partial charge >= 0.3 is 0 Å². The molecule has 2 fully saturated rings. The first-order valence-electron chi connectivity index (χ1n) is 8.69. The minimum atomic E-state index is -1.44. The van der Waals surface area contributed by atoms with Gasteiger partial charge in [-0.05, 0) is 30.2 Å². The van der Waals surface area contributed by atoms with Crippen LogP contribution in [0.4, 0.5) is 5.82 Å². The van der Waals surface area contributed by atoms with Crippen LogP contribution in [0, 0.1) is 6.92 Å². The van der Waals surface area contributed by atoms with E-state index in [9.17, 15) is 0 Å². The van der Waals surface area contributed by atoms with Gasteiger partial charge in [0.05, 0.1) is 0 Å². The fourth-order valence-electron chi connectivity index (χ4n) is 4.70. The monoisotopic (exact) mass is 300 g/mol. The van der Waals surface area contributed by atoms with Gasteiger partial charge in [0, 0.05) is 6.20 Å². The molecule has 3 rings (SSSR count). The number of fused-ring (bicyclic) bond motifs is 2.